The van der Waals surface area contributed by atoms with Gasteiger partial charge in [-0.25, -0.2) is 0 Å². The van der Waals surface area contributed by atoms with Gasteiger partial charge in [0.15, 0.2) is 0 Å². The smallest absolute Gasteiger partial charge is 0.242 e. The quantitative estimate of drug-likeness (QED) is 0.808. The molecule has 0 heterocycles. The number of likely N-dealkylation sites (N-methyl/N-ethyl adjacent to an activating group) is 1. The van der Waals surface area contributed by atoms with Crippen LogP contribution < -0.4 is 4.90 Å². The Morgan fingerprint density at radius 3 is 2.19 bits per heavy atom. The average molecular weight is 290 g/mol. The van der Waals surface area contributed by atoms with E-state index < -0.39 is 0 Å². The minimum absolute atomic E-state index is 0.0134. The summed E-state index contributed by atoms with van der Waals surface area (Å²) < 4.78 is 0. The predicted molar refractivity (Wildman–Crippen MR) is 86.5 cm³/mol. The number of para-hydroxylation sites is 1. The van der Waals surface area contributed by atoms with E-state index in [-0.39, 0.29) is 18.4 Å². The van der Waals surface area contributed by atoms with Crippen LogP contribution in [0.5, 0.6) is 0 Å². The zero-order valence-corrected chi connectivity index (χ0v) is 13.8. The Hall–Kier alpha value is -1.84. The Kier molecular flexibility index (Phi) is 6.40. The Balaban J connectivity index is 3.14. The van der Waals surface area contributed by atoms with E-state index in [0.29, 0.717) is 13.1 Å². The lowest BCUT2D eigenvalue weighted by Gasteiger charge is -2.28. The van der Waals surface area contributed by atoms with Crippen LogP contribution in [0.2, 0.25) is 0 Å². The maximum Gasteiger partial charge on any atom is 0.242 e. The molecule has 0 aliphatic heterocycles. The van der Waals surface area contributed by atoms with E-state index in [2.05, 4.69) is 6.92 Å². The molecule has 0 unspecified atom stereocenters. The van der Waals surface area contributed by atoms with Crippen molar-refractivity contribution in [1.29, 1.82) is 0 Å². The van der Waals surface area contributed by atoms with Crippen molar-refractivity contribution in [2.24, 2.45) is 0 Å². The van der Waals surface area contributed by atoms with Crippen LogP contribution in [0.25, 0.3) is 0 Å². The maximum absolute atomic E-state index is 12.3. The number of amides is 2. The van der Waals surface area contributed by atoms with Gasteiger partial charge in [0.05, 0.1) is 5.69 Å². The molecule has 0 N–H and O–H groups in total. The molecule has 1 aromatic carbocycles. The van der Waals surface area contributed by atoms with Crippen molar-refractivity contribution in [3.8, 4) is 0 Å². The first-order valence-corrected chi connectivity index (χ1v) is 7.60. The van der Waals surface area contributed by atoms with Crippen LogP contribution in [-0.2, 0) is 16.0 Å². The van der Waals surface area contributed by atoms with E-state index >= 15 is 0 Å². The van der Waals surface area contributed by atoms with Crippen LogP contribution in [0.4, 0.5) is 5.69 Å². The summed E-state index contributed by atoms with van der Waals surface area (Å²) in [7, 11) is 0. The Bertz CT molecular complexity index is 508. The number of aryl methyl sites for hydroxylation is 2. The molecule has 2 amide bonds. The number of hydrogen-bond donors (Lipinski definition) is 0. The van der Waals surface area contributed by atoms with Crippen molar-refractivity contribution in [2.75, 3.05) is 24.5 Å². The van der Waals surface area contributed by atoms with E-state index in [1.54, 1.807) is 9.80 Å². The molecule has 0 spiro atoms. The molecule has 0 aliphatic carbocycles. The number of nitrogens with zero attached hydrogens (tertiary/aromatic N) is 2. The molecular formula is C17H26N2O2. The monoisotopic (exact) mass is 290 g/mol. The lowest BCUT2D eigenvalue weighted by Crippen LogP contribution is -2.42. The van der Waals surface area contributed by atoms with E-state index in [9.17, 15) is 9.59 Å². The highest BCUT2D eigenvalue weighted by Crippen LogP contribution is 2.26. The lowest BCUT2D eigenvalue weighted by atomic mass is 10.0. The van der Waals surface area contributed by atoms with Crippen LogP contribution in [0.1, 0.15) is 38.8 Å². The van der Waals surface area contributed by atoms with Gasteiger partial charge in [-0.2, -0.15) is 0 Å². The van der Waals surface area contributed by atoms with Crippen molar-refractivity contribution in [1.82, 2.24) is 4.90 Å². The van der Waals surface area contributed by atoms with Crippen molar-refractivity contribution in [3.63, 3.8) is 0 Å². The maximum atomic E-state index is 12.3. The second-order valence-electron chi connectivity index (χ2n) is 5.11. The van der Waals surface area contributed by atoms with Crippen LogP contribution in [0, 0.1) is 6.92 Å². The number of hydrogen-bond acceptors (Lipinski definition) is 2. The van der Waals surface area contributed by atoms with Crippen molar-refractivity contribution < 1.29 is 9.59 Å². The summed E-state index contributed by atoms with van der Waals surface area (Å²) in [5.41, 5.74) is 3.00. The molecule has 21 heavy (non-hydrogen) atoms. The number of benzene rings is 1. The Morgan fingerprint density at radius 2 is 1.71 bits per heavy atom. The highest BCUT2D eigenvalue weighted by molar-refractivity contribution is 5.98. The number of anilines is 1. The molecule has 0 saturated carbocycles. The molecule has 0 aromatic heterocycles. The first-order valence-electron chi connectivity index (χ1n) is 7.60. The van der Waals surface area contributed by atoms with Gasteiger partial charge in [0, 0.05) is 20.0 Å². The third-order valence-electron chi connectivity index (χ3n) is 3.76. The summed E-state index contributed by atoms with van der Waals surface area (Å²) in [5.74, 6) is -0.111. The molecule has 4 nitrogen and oxygen atoms in total. The normalized spacial score (nSPS) is 10.3. The highest BCUT2D eigenvalue weighted by Gasteiger charge is 2.22. The molecule has 0 saturated heterocycles. The van der Waals surface area contributed by atoms with Crippen LogP contribution in [-0.4, -0.2) is 36.3 Å². The van der Waals surface area contributed by atoms with Crippen molar-refractivity contribution in [2.45, 2.75) is 41.0 Å². The second kappa shape index (κ2) is 7.81. The molecule has 0 bridgehead atoms. The second-order valence-corrected chi connectivity index (χ2v) is 5.11. The van der Waals surface area contributed by atoms with E-state index in [1.807, 2.05) is 39.0 Å². The van der Waals surface area contributed by atoms with Crippen molar-refractivity contribution in [3.05, 3.63) is 29.3 Å². The molecule has 0 aliphatic rings. The van der Waals surface area contributed by atoms with Gasteiger partial charge in [-0.1, -0.05) is 25.1 Å². The van der Waals surface area contributed by atoms with Gasteiger partial charge in [-0.15, -0.1) is 0 Å². The first kappa shape index (κ1) is 17.2. The van der Waals surface area contributed by atoms with E-state index in [0.717, 1.165) is 23.2 Å². The van der Waals surface area contributed by atoms with Gasteiger partial charge in [-0.3, -0.25) is 9.59 Å². The molecule has 0 atom stereocenters. The molecule has 1 aromatic rings. The fourth-order valence-electron chi connectivity index (χ4n) is 2.55. The summed E-state index contributed by atoms with van der Waals surface area (Å²) in [6.07, 6.45) is 0.834. The minimum Gasteiger partial charge on any atom is -0.342 e. The molecule has 0 radical (unpaired) electrons. The van der Waals surface area contributed by atoms with Crippen LogP contribution >= 0.6 is 0 Å². The zero-order chi connectivity index (χ0) is 16.0. The highest BCUT2D eigenvalue weighted by atomic mass is 16.2. The fraction of sp³-hybridized carbons (Fsp3) is 0.529. The summed E-state index contributed by atoms with van der Waals surface area (Å²) in [6.45, 7) is 10.9. The van der Waals surface area contributed by atoms with Gasteiger partial charge in [0.1, 0.15) is 6.54 Å². The van der Waals surface area contributed by atoms with E-state index in [4.69, 9.17) is 0 Å². The molecule has 116 valence electrons. The summed E-state index contributed by atoms with van der Waals surface area (Å²) in [5, 5.41) is 0. The average Bonchev–Trinajstić information content (AvgIpc) is 2.46. The summed E-state index contributed by atoms with van der Waals surface area (Å²) >= 11 is 0. The predicted octanol–water partition coefficient (Wildman–Crippen LogP) is 2.78. The topological polar surface area (TPSA) is 40.6 Å². The Morgan fingerprint density at radius 1 is 1.10 bits per heavy atom. The minimum atomic E-state index is -0.0977. The standard InChI is InChI=1S/C17H26N2O2/c1-6-15-11-9-10-13(4)17(15)19(14(5)20)12-16(21)18(7-2)8-3/h9-11H,6-8,12H2,1-5H3. The van der Waals surface area contributed by atoms with Gasteiger partial charge in [0.25, 0.3) is 0 Å². The van der Waals surface area contributed by atoms with Gasteiger partial charge < -0.3 is 9.80 Å². The van der Waals surface area contributed by atoms with Gasteiger partial charge in [-0.05, 0) is 38.3 Å². The van der Waals surface area contributed by atoms with Crippen molar-refractivity contribution >= 4 is 17.5 Å². The largest absolute Gasteiger partial charge is 0.342 e. The number of rotatable bonds is 6. The molecule has 1 rings (SSSR count). The third-order valence-corrected chi connectivity index (χ3v) is 3.76. The molecule has 0 fully saturated rings. The number of carbonyl (C=O) groups is 2. The summed E-state index contributed by atoms with van der Waals surface area (Å²) in [4.78, 5) is 27.7. The lowest BCUT2D eigenvalue weighted by molar-refractivity contribution is -0.130. The van der Waals surface area contributed by atoms with Crippen LogP contribution in [0.3, 0.4) is 0 Å². The van der Waals surface area contributed by atoms with E-state index in [1.165, 1.54) is 6.92 Å². The van der Waals surface area contributed by atoms with Gasteiger partial charge >= 0.3 is 0 Å². The Labute approximate surface area is 127 Å². The van der Waals surface area contributed by atoms with Crippen LogP contribution in [0.15, 0.2) is 18.2 Å². The fourth-order valence-corrected chi connectivity index (χ4v) is 2.55. The number of carbonyl (C=O) groups excluding carboxylic acids is 2. The summed E-state index contributed by atoms with van der Waals surface area (Å²) in [6, 6.07) is 5.98. The van der Waals surface area contributed by atoms with Gasteiger partial charge in [0.2, 0.25) is 11.8 Å². The third kappa shape index (κ3) is 4.06. The molecular weight excluding hydrogens is 264 g/mol. The molecule has 4 heteroatoms. The first-order chi connectivity index (χ1) is 9.96. The SMILES string of the molecule is CCc1cccc(C)c1N(CC(=O)N(CC)CC)C(C)=O. The zero-order valence-electron chi connectivity index (χ0n) is 13.8.